The number of hydrogen-bond acceptors (Lipinski definition) is 4. The fourth-order valence-corrected chi connectivity index (χ4v) is 6.00. The molecule has 1 aromatic heterocycles. The predicted octanol–water partition coefficient (Wildman–Crippen LogP) is 7.34. The molecule has 0 spiro atoms. The number of halogens is 3. The number of aliphatic carboxylic acids is 1. The van der Waals surface area contributed by atoms with Crippen LogP contribution >= 0.6 is 15.9 Å². The smallest absolute Gasteiger partial charge is 0.387 e. The van der Waals surface area contributed by atoms with Crippen molar-refractivity contribution in [3.8, 4) is 17.0 Å². The lowest BCUT2D eigenvalue weighted by molar-refractivity contribution is -0.143. The maximum Gasteiger partial charge on any atom is 0.387 e. The molecule has 4 aromatic rings. The molecule has 1 heterocycles. The Hall–Kier alpha value is -3.85. The van der Waals surface area contributed by atoms with Gasteiger partial charge >= 0.3 is 12.6 Å². The van der Waals surface area contributed by atoms with Gasteiger partial charge in [-0.15, -0.1) is 0 Å². The first-order valence-corrected chi connectivity index (χ1v) is 13.7. The van der Waals surface area contributed by atoms with E-state index in [0.717, 1.165) is 10.0 Å². The maximum atomic E-state index is 14.1. The molecule has 1 aliphatic rings. The summed E-state index contributed by atoms with van der Waals surface area (Å²) in [6.45, 7) is -1.18. The summed E-state index contributed by atoms with van der Waals surface area (Å²) in [6.07, 6.45) is 0.903. The summed E-state index contributed by atoms with van der Waals surface area (Å²) in [5.41, 5.74) is 3.81. The fraction of sp³-hybridized carbons (Fsp3) is 0.258. The number of nitrogens with zero attached hydrogens (tertiary/aromatic N) is 1. The molecule has 1 aliphatic carbocycles. The average Bonchev–Trinajstić information content (AvgIpc) is 2.93. The lowest BCUT2D eigenvalue weighted by Gasteiger charge is -2.36. The number of carbonyl (C=O) groups excluding carboxylic acids is 1. The second-order valence-electron chi connectivity index (χ2n) is 9.94. The Kier molecular flexibility index (Phi) is 8.12. The van der Waals surface area contributed by atoms with Gasteiger partial charge in [-0.05, 0) is 61.6 Å². The number of amides is 1. The van der Waals surface area contributed by atoms with Crippen molar-refractivity contribution in [2.24, 2.45) is 5.92 Å². The van der Waals surface area contributed by atoms with Gasteiger partial charge in [-0.2, -0.15) is 8.78 Å². The van der Waals surface area contributed by atoms with Crippen LogP contribution in [0, 0.1) is 12.8 Å². The zero-order valence-corrected chi connectivity index (χ0v) is 23.2. The second-order valence-corrected chi connectivity index (χ2v) is 10.9. The molecule has 0 bridgehead atoms. The molecule has 0 radical (unpaired) electrons. The molecule has 9 heteroatoms. The molecule has 206 valence electrons. The van der Waals surface area contributed by atoms with E-state index in [0.29, 0.717) is 46.1 Å². The molecule has 3 aromatic carbocycles. The van der Waals surface area contributed by atoms with Gasteiger partial charge in [0.05, 0.1) is 22.7 Å². The summed E-state index contributed by atoms with van der Waals surface area (Å²) in [7, 11) is 0. The number of para-hydroxylation sites is 1. The number of nitrogens with one attached hydrogen (secondary N) is 1. The van der Waals surface area contributed by atoms with Crippen molar-refractivity contribution >= 4 is 38.7 Å². The summed E-state index contributed by atoms with van der Waals surface area (Å²) < 4.78 is 32.0. The van der Waals surface area contributed by atoms with Crippen LogP contribution in [0.1, 0.15) is 46.7 Å². The molecule has 1 unspecified atom stereocenters. The van der Waals surface area contributed by atoms with Gasteiger partial charge in [-0.1, -0.05) is 64.5 Å². The molecule has 40 heavy (non-hydrogen) atoms. The summed E-state index contributed by atoms with van der Waals surface area (Å²) >= 11 is 3.50. The number of ether oxygens (including phenoxy) is 1. The van der Waals surface area contributed by atoms with E-state index in [-0.39, 0.29) is 18.1 Å². The van der Waals surface area contributed by atoms with E-state index in [9.17, 15) is 23.5 Å². The quantitative estimate of drug-likeness (QED) is 0.229. The van der Waals surface area contributed by atoms with Crippen LogP contribution in [0.2, 0.25) is 0 Å². The van der Waals surface area contributed by atoms with E-state index in [1.807, 2.05) is 55.5 Å². The van der Waals surface area contributed by atoms with Crippen LogP contribution in [0.5, 0.6) is 5.75 Å². The van der Waals surface area contributed by atoms with E-state index < -0.39 is 30.5 Å². The molecular weight excluding hydrogens is 582 g/mol. The Balaban J connectivity index is 1.57. The zero-order chi connectivity index (χ0) is 28.4. The van der Waals surface area contributed by atoms with Crippen LogP contribution in [0.3, 0.4) is 0 Å². The number of carboxylic acids is 1. The second kappa shape index (κ2) is 11.7. The predicted molar refractivity (Wildman–Crippen MR) is 152 cm³/mol. The van der Waals surface area contributed by atoms with Crippen LogP contribution in [0.25, 0.3) is 22.2 Å². The molecule has 1 saturated carbocycles. The molecule has 1 fully saturated rings. The van der Waals surface area contributed by atoms with Gasteiger partial charge < -0.3 is 15.2 Å². The SMILES string of the molecule is Cc1c(-c2ccccc2)nc2ccc(Br)cc2c1C(=O)N[C@H]1CCC(C(=O)O)C[C@H]1c1ccccc1OC(F)F. The highest BCUT2D eigenvalue weighted by Gasteiger charge is 2.37. The van der Waals surface area contributed by atoms with Gasteiger partial charge in [-0.25, -0.2) is 4.98 Å². The Morgan fingerprint density at radius 2 is 1.77 bits per heavy atom. The van der Waals surface area contributed by atoms with Crippen molar-refractivity contribution in [2.75, 3.05) is 0 Å². The number of benzene rings is 3. The lowest BCUT2D eigenvalue weighted by atomic mass is 9.74. The van der Waals surface area contributed by atoms with Gasteiger partial charge in [0.2, 0.25) is 0 Å². The van der Waals surface area contributed by atoms with Crippen LogP contribution in [0.15, 0.2) is 77.3 Å². The van der Waals surface area contributed by atoms with Crippen molar-refractivity contribution in [3.63, 3.8) is 0 Å². The number of pyridine rings is 1. The number of aromatic nitrogens is 1. The van der Waals surface area contributed by atoms with Gasteiger partial charge in [-0.3, -0.25) is 9.59 Å². The van der Waals surface area contributed by atoms with Gasteiger partial charge in [0.25, 0.3) is 5.91 Å². The van der Waals surface area contributed by atoms with Crippen LogP contribution in [0.4, 0.5) is 8.78 Å². The molecule has 3 atom stereocenters. The van der Waals surface area contributed by atoms with Crippen LogP contribution in [-0.4, -0.2) is 34.6 Å². The Labute approximate surface area is 238 Å². The molecule has 2 N–H and O–H groups in total. The van der Waals surface area contributed by atoms with Gasteiger partial charge in [0, 0.05) is 27.4 Å². The minimum Gasteiger partial charge on any atom is -0.481 e. The third-order valence-corrected chi connectivity index (χ3v) is 8.01. The van der Waals surface area contributed by atoms with Crippen molar-refractivity contribution < 1.29 is 28.2 Å². The minimum atomic E-state index is -3.03. The summed E-state index contributed by atoms with van der Waals surface area (Å²) in [5.74, 6) is -2.51. The highest BCUT2D eigenvalue weighted by molar-refractivity contribution is 9.10. The van der Waals surface area contributed by atoms with Crippen molar-refractivity contribution in [1.82, 2.24) is 10.3 Å². The first-order valence-electron chi connectivity index (χ1n) is 13.0. The molecule has 5 rings (SSSR count). The Morgan fingerprint density at radius 3 is 2.50 bits per heavy atom. The molecule has 0 saturated heterocycles. The fourth-order valence-electron chi connectivity index (χ4n) is 5.64. The average molecular weight is 609 g/mol. The number of carboxylic acid groups (broad SMARTS) is 1. The van der Waals surface area contributed by atoms with Crippen LogP contribution < -0.4 is 10.1 Å². The summed E-state index contributed by atoms with van der Waals surface area (Å²) in [5, 5.41) is 13.5. The van der Waals surface area contributed by atoms with Crippen molar-refractivity contribution in [1.29, 1.82) is 0 Å². The number of alkyl halides is 2. The number of hydrogen-bond donors (Lipinski definition) is 2. The molecule has 1 amide bonds. The zero-order valence-electron chi connectivity index (χ0n) is 21.6. The van der Waals surface area contributed by atoms with Crippen molar-refractivity contribution in [3.05, 3.63) is 94.0 Å². The Morgan fingerprint density at radius 1 is 1.05 bits per heavy atom. The normalized spacial score (nSPS) is 19.0. The molecule has 6 nitrogen and oxygen atoms in total. The van der Waals surface area contributed by atoms with Crippen LogP contribution in [-0.2, 0) is 4.79 Å². The first kappa shape index (κ1) is 27.7. The van der Waals surface area contributed by atoms with E-state index in [2.05, 4.69) is 21.2 Å². The number of carbonyl (C=O) groups is 2. The molecular formula is C31H27BrF2N2O4. The number of fused-ring (bicyclic) bond motifs is 1. The monoisotopic (exact) mass is 608 g/mol. The first-order chi connectivity index (χ1) is 19.2. The summed E-state index contributed by atoms with van der Waals surface area (Å²) in [4.78, 5) is 30.8. The minimum absolute atomic E-state index is 0.0198. The maximum absolute atomic E-state index is 14.1. The standard InChI is InChI=1S/C31H27BrF2N2O4/c1-17-27(23-16-20(32)12-14-25(23)35-28(17)18-7-3-2-4-8-18)29(37)36-24-13-11-19(30(38)39)15-22(24)21-9-5-6-10-26(21)40-31(33)34/h2-10,12,14,16,19,22,24,31H,11,13,15H2,1H3,(H,36,37)(H,38,39)/t19?,22-,24-/m0/s1. The third-order valence-electron chi connectivity index (χ3n) is 7.52. The largest absolute Gasteiger partial charge is 0.481 e. The van der Waals surface area contributed by atoms with Crippen molar-refractivity contribution in [2.45, 2.75) is 44.8 Å². The van der Waals surface area contributed by atoms with E-state index in [1.165, 1.54) is 6.07 Å². The van der Waals surface area contributed by atoms with E-state index >= 15 is 0 Å². The highest BCUT2D eigenvalue weighted by Crippen LogP contribution is 2.41. The molecule has 0 aliphatic heterocycles. The van der Waals surface area contributed by atoms with E-state index in [4.69, 9.17) is 9.72 Å². The topological polar surface area (TPSA) is 88.5 Å². The van der Waals surface area contributed by atoms with Gasteiger partial charge in [0.15, 0.2) is 0 Å². The number of rotatable bonds is 7. The Bertz CT molecular complexity index is 1560. The van der Waals surface area contributed by atoms with Gasteiger partial charge in [0.1, 0.15) is 5.75 Å². The third kappa shape index (κ3) is 5.70. The highest BCUT2D eigenvalue weighted by atomic mass is 79.9. The van der Waals surface area contributed by atoms with E-state index in [1.54, 1.807) is 18.2 Å². The summed E-state index contributed by atoms with van der Waals surface area (Å²) in [6, 6.07) is 21.0. The lowest BCUT2D eigenvalue weighted by Crippen LogP contribution is -2.44.